The van der Waals surface area contributed by atoms with Gasteiger partial charge in [-0.05, 0) is 74.6 Å². The number of methoxy groups -OCH3 is 1. The molecule has 0 bridgehead atoms. The van der Waals surface area contributed by atoms with Crippen LogP contribution in [0.25, 0.3) is 6.08 Å². The fourth-order valence-corrected chi connectivity index (χ4v) is 3.93. The van der Waals surface area contributed by atoms with Crippen LogP contribution < -0.4 is 15.4 Å². The van der Waals surface area contributed by atoms with Crippen molar-refractivity contribution in [2.75, 3.05) is 19.0 Å². The van der Waals surface area contributed by atoms with Gasteiger partial charge in [0.25, 0.3) is 5.91 Å². The van der Waals surface area contributed by atoms with Gasteiger partial charge in [-0.15, -0.1) is 0 Å². The molecule has 2 rings (SSSR count). The summed E-state index contributed by atoms with van der Waals surface area (Å²) < 4.78 is 10.6. The number of anilines is 1. The van der Waals surface area contributed by atoms with Crippen molar-refractivity contribution < 1.29 is 23.9 Å². The Hall–Kier alpha value is -4.32. The summed E-state index contributed by atoms with van der Waals surface area (Å²) in [7, 11) is 1.54. The standard InChI is InChI=1S/C30H38N4O5/c1-8-21-10-9-11-22(19-21)26(27(35)32-23-12-14-24(38-7)15-13-23)34(17-16-31)28(36)25(18-20(2)3)33-29(37)39-30(4,5)6/h8-15,19-20,25-26H,1,17-18H2,2-7H3,(H,32,35)(H,33,37). The van der Waals surface area contributed by atoms with Gasteiger partial charge >= 0.3 is 6.09 Å². The van der Waals surface area contributed by atoms with E-state index in [4.69, 9.17) is 9.47 Å². The van der Waals surface area contributed by atoms with Gasteiger partial charge in [-0.3, -0.25) is 9.59 Å². The minimum Gasteiger partial charge on any atom is -0.497 e. The SMILES string of the molecule is C=Cc1cccc(C(C(=O)Nc2ccc(OC)cc2)N(CC#N)C(=O)C(CC(C)C)NC(=O)OC(C)(C)C)c1. The Morgan fingerprint density at radius 1 is 1.13 bits per heavy atom. The molecular formula is C30H38N4O5. The van der Waals surface area contributed by atoms with Crippen molar-refractivity contribution >= 4 is 29.7 Å². The Kier molecular flexibility index (Phi) is 11.1. The fraction of sp³-hybridized carbons (Fsp3) is 0.400. The molecule has 2 N–H and O–H groups in total. The molecule has 0 spiro atoms. The Labute approximate surface area is 230 Å². The smallest absolute Gasteiger partial charge is 0.408 e. The van der Waals surface area contributed by atoms with E-state index in [-0.39, 0.29) is 18.9 Å². The molecule has 0 aliphatic carbocycles. The Balaban J connectivity index is 2.53. The number of amides is 3. The largest absolute Gasteiger partial charge is 0.497 e. The Morgan fingerprint density at radius 3 is 2.33 bits per heavy atom. The predicted octanol–water partition coefficient (Wildman–Crippen LogP) is 5.31. The highest BCUT2D eigenvalue weighted by molar-refractivity contribution is 5.99. The predicted molar refractivity (Wildman–Crippen MR) is 151 cm³/mol. The molecule has 9 heteroatoms. The van der Waals surface area contributed by atoms with Crippen LogP contribution in [0.15, 0.2) is 55.1 Å². The van der Waals surface area contributed by atoms with E-state index in [0.29, 0.717) is 17.0 Å². The summed E-state index contributed by atoms with van der Waals surface area (Å²) >= 11 is 0. The van der Waals surface area contributed by atoms with Gasteiger partial charge in [-0.1, -0.05) is 44.7 Å². The average Bonchev–Trinajstić information content (AvgIpc) is 2.86. The molecule has 0 saturated carbocycles. The van der Waals surface area contributed by atoms with Crippen LogP contribution in [-0.4, -0.2) is 48.1 Å². The van der Waals surface area contributed by atoms with Crippen LogP contribution in [0.5, 0.6) is 5.75 Å². The highest BCUT2D eigenvalue weighted by Crippen LogP contribution is 2.27. The van der Waals surface area contributed by atoms with E-state index in [2.05, 4.69) is 17.2 Å². The van der Waals surface area contributed by atoms with Crippen molar-refractivity contribution in [2.45, 2.75) is 58.7 Å². The number of nitrogens with zero attached hydrogens (tertiary/aromatic N) is 2. The summed E-state index contributed by atoms with van der Waals surface area (Å²) in [5, 5.41) is 15.2. The van der Waals surface area contributed by atoms with Crippen molar-refractivity contribution in [1.82, 2.24) is 10.2 Å². The quantitative estimate of drug-likeness (QED) is 0.377. The second-order valence-electron chi connectivity index (χ2n) is 10.4. The number of ether oxygens (including phenoxy) is 2. The number of carbonyl (C=O) groups excluding carboxylic acids is 3. The van der Waals surface area contributed by atoms with Gasteiger partial charge < -0.3 is 25.0 Å². The van der Waals surface area contributed by atoms with Crippen molar-refractivity contribution in [1.29, 1.82) is 5.26 Å². The molecule has 0 fully saturated rings. The molecule has 39 heavy (non-hydrogen) atoms. The monoisotopic (exact) mass is 534 g/mol. The van der Waals surface area contributed by atoms with Crippen LogP contribution >= 0.6 is 0 Å². The first-order chi connectivity index (χ1) is 18.4. The first kappa shape index (κ1) is 30.9. The summed E-state index contributed by atoms with van der Waals surface area (Å²) in [4.78, 5) is 41.5. The lowest BCUT2D eigenvalue weighted by Crippen LogP contribution is -2.53. The van der Waals surface area contributed by atoms with Crippen LogP contribution in [0, 0.1) is 17.2 Å². The lowest BCUT2D eigenvalue weighted by Gasteiger charge is -2.33. The van der Waals surface area contributed by atoms with E-state index in [9.17, 15) is 19.6 Å². The molecule has 0 aliphatic rings. The number of rotatable bonds is 11. The number of benzene rings is 2. The maximum absolute atomic E-state index is 14.0. The van der Waals surface area contributed by atoms with Gasteiger partial charge in [-0.2, -0.15) is 5.26 Å². The number of nitrogens with one attached hydrogen (secondary N) is 2. The molecule has 9 nitrogen and oxygen atoms in total. The molecule has 2 unspecified atom stereocenters. The first-order valence-corrected chi connectivity index (χ1v) is 12.7. The maximum atomic E-state index is 14.0. The third kappa shape index (κ3) is 9.49. The summed E-state index contributed by atoms with van der Waals surface area (Å²) in [5.74, 6) is -0.455. The average molecular weight is 535 g/mol. The highest BCUT2D eigenvalue weighted by atomic mass is 16.6. The van der Waals surface area contributed by atoms with Crippen LogP contribution in [0.1, 0.15) is 58.2 Å². The highest BCUT2D eigenvalue weighted by Gasteiger charge is 2.36. The molecule has 0 aromatic heterocycles. The zero-order chi connectivity index (χ0) is 29.2. The zero-order valence-corrected chi connectivity index (χ0v) is 23.5. The van der Waals surface area contributed by atoms with Gasteiger partial charge in [-0.25, -0.2) is 4.79 Å². The first-order valence-electron chi connectivity index (χ1n) is 12.7. The lowest BCUT2D eigenvalue weighted by atomic mass is 9.98. The number of hydrogen-bond acceptors (Lipinski definition) is 6. The Morgan fingerprint density at radius 2 is 1.79 bits per heavy atom. The molecule has 2 aromatic carbocycles. The third-order valence-corrected chi connectivity index (χ3v) is 5.60. The number of hydrogen-bond donors (Lipinski definition) is 2. The van der Waals surface area contributed by atoms with Gasteiger partial charge in [0.15, 0.2) is 0 Å². The minimum atomic E-state index is -1.17. The van der Waals surface area contributed by atoms with Crippen LogP contribution in [0.4, 0.5) is 10.5 Å². The number of nitriles is 1. The fourth-order valence-electron chi connectivity index (χ4n) is 3.93. The number of carbonyl (C=O) groups is 3. The van der Waals surface area contributed by atoms with Gasteiger partial charge in [0.05, 0.1) is 13.2 Å². The summed E-state index contributed by atoms with van der Waals surface area (Å²) in [5.41, 5.74) is 0.946. The van der Waals surface area contributed by atoms with Crippen LogP contribution in [0.3, 0.4) is 0 Å². The van der Waals surface area contributed by atoms with Crippen molar-refractivity contribution in [3.8, 4) is 11.8 Å². The minimum absolute atomic E-state index is 0.0218. The molecule has 208 valence electrons. The van der Waals surface area contributed by atoms with E-state index in [1.54, 1.807) is 76.4 Å². The topological polar surface area (TPSA) is 121 Å². The van der Waals surface area contributed by atoms with Crippen LogP contribution in [-0.2, 0) is 14.3 Å². The van der Waals surface area contributed by atoms with E-state index in [0.717, 1.165) is 5.56 Å². The van der Waals surface area contributed by atoms with Crippen molar-refractivity contribution in [2.24, 2.45) is 5.92 Å². The van der Waals surface area contributed by atoms with Gasteiger partial charge in [0.2, 0.25) is 5.91 Å². The number of alkyl carbamates (subject to hydrolysis) is 1. The molecule has 0 aliphatic heterocycles. The molecule has 0 radical (unpaired) electrons. The maximum Gasteiger partial charge on any atom is 0.408 e. The van der Waals surface area contributed by atoms with Crippen LogP contribution in [0.2, 0.25) is 0 Å². The Bertz CT molecular complexity index is 1200. The molecule has 0 heterocycles. The van der Waals surface area contributed by atoms with E-state index >= 15 is 0 Å². The van der Waals surface area contributed by atoms with E-state index < -0.39 is 35.6 Å². The van der Waals surface area contributed by atoms with Crippen molar-refractivity contribution in [3.63, 3.8) is 0 Å². The van der Waals surface area contributed by atoms with Gasteiger partial charge in [0.1, 0.15) is 30.0 Å². The second kappa shape index (κ2) is 14.0. The summed E-state index contributed by atoms with van der Waals surface area (Å²) in [6, 6.07) is 13.6. The normalized spacial score (nSPS) is 12.5. The molecule has 2 aromatic rings. The summed E-state index contributed by atoms with van der Waals surface area (Å²) in [6.45, 7) is 12.4. The second-order valence-corrected chi connectivity index (χ2v) is 10.4. The van der Waals surface area contributed by atoms with Crippen molar-refractivity contribution in [3.05, 3.63) is 66.2 Å². The van der Waals surface area contributed by atoms with E-state index in [1.165, 1.54) is 4.90 Å². The summed E-state index contributed by atoms with van der Waals surface area (Å²) in [6.07, 6.45) is 1.15. The lowest BCUT2D eigenvalue weighted by molar-refractivity contribution is -0.140. The van der Waals surface area contributed by atoms with Gasteiger partial charge in [0, 0.05) is 5.69 Å². The molecule has 2 atom stereocenters. The van der Waals surface area contributed by atoms with E-state index in [1.807, 2.05) is 26.0 Å². The zero-order valence-electron chi connectivity index (χ0n) is 23.5. The third-order valence-electron chi connectivity index (χ3n) is 5.60. The molecular weight excluding hydrogens is 496 g/mol. The molecule has 0 saturated heterocycles. The molecule has 3 amide bonds.